The van der Waals surface area contributed by atoms with Crippen molar-refractivity contribution < 1.29 is 8.42 Å². The lowest BCUT2D eigenvalue weighted by Crippen LogP contribution is -2.38. The molecule has 0 bridgehead atoms. The minimum absolute atomic E-state index is 0.0971. The number of hydrogen-bond donors (Lipinski definition) is 1. The van der Waals surface area contributed by atoms with Gasteiger partial charge in [0.05, 0.1) is 5.75 Å². The van der Waals surface area contributed by atoms with Crippen LogP contribution in [0.25, 0.3) is 0 Å². The summed E-state index contributed by atoms with van der Waals surface area (Å²) in [7, 11) is -3.18. The van der Waals surface area contributed by atoms with Crippen LogP contribution in [0.2, 0.25) is 0 Å². The van der Waals surface area contributed by atoms with Crippen LogP contribution in [0.1, 0.15) is 25.3 Å². The summed E-state index contributed by atoms with van der Waals surface area (Å²) in [5.41, 5.74) is 1.80. The lowest BCUT2D eigenvalue weighted by Gasteiger charge is -2.26. The maximum atomic E-state index is 12.3. The van der Waals surface area contributed by atoms with Gasteiger partial charge in [-0.2, -0.15) is 4.31 Å². The largest absolute Gasteiger partial charge is 0.383 e. The Morgan fingerprint density at radius 2 is 2.11 bits per heavy atom. The number of nitrogens with zero attached hydrogens (tertiary/aromatic N) is 1. The predicted molar refractivity (Wildman–Crippen MR) is 74.0 cm³/mol. The highest BCUT2D eigenvalue weighted by Crippen LogP contribution is 2.21. The molecule has 4 nitrogen and oxygen atoms in total. The van der Waals surface area contributed by atoms with Gasteiger partial charge in [-0.3, -0.25) is 0 Å². The number of benzene rings is 1. The molecule has 0 spiro atoms. The number of hydrogen-bond acceptors (Lipinski definition) is 3. The van der Waals surface area contributed by atoms with Crippen molar-refractivity contribution in [3.8, 4) is 0 Å². The standard InChI is InChI=1S/C13H20N2O2S/c1-2-3-9-15-10-8-14-13-7-5-4-6-12(13)11-18(15,16)17/h4-7,14H,2-3,8-11H2,1H3. The van der Waals surface area contributed by atoms with E-state index in [-0.39, 0.29) is 5.75 Å². The summed E-state index contributed by atoms with van der Waals surface area (Å²) < 4.78 is 26.3. The SMILES string of the molecule is CCCCN1CCNc2ccccc2CS1(=O)=O. The maximum Gasteiger partial charge on any atom is 0.218 e. The average molecular weight is 268 g/mol. The third-order valence-corrected chi connectivity index (χ3v) is 5.01. The lowest BCUT2D eigenvalue weighted by atomic mass is 10.2. The molecule has 0 unspecified atom stereocenters. The molecule has 1 aromatic rings. The van der Waals surface area contributed by atoms with Crippen molar-refractivity contribution in [2.24, 2.45) is 0 Å². The molecule has 0 saturated carbocycles. The quantitative estimate of drug-likeness (QED) is 0.912. The molecule has 1 aliphatic heterocycles. The van der Waals surface area contributed by atoms with E-state index in [1.165, 1.54) is 0 Å². The fourth-order valence-electron chi connectivity index (χ4n) is 2.15. The number of nitrogens with one attached hydrogen (secondary N) is 1. The molecular formula is C13H20N2O2S. The van der Waals surface area contributed by atoms with Gasteiger partial charge in [0.25, 0.3) is 0 Å². The van der Waals surface area contributed by atoms with Crippen LogP contribution < -0.4 is 5.32 Å². The first-order valence-electron chi connectivity index (χ1n) is 6.43. The molecule has 0 saturated heterocycles. The number of fused-ring (bicyclic) bond motifs is 1. The molecule has 1 N–H and O–H groups in total. The van der Waals surface area contributed by atoms with Crippen LogP contribution in [-0.4, -0.2) is 32.4 Å². The van der Waals surface area contributed by atoms with Gasteiger partial charge in [-0.05, 0) is 18.1 Å². The lowest BCUT2D eigenvalue weighted by molar-refractivity contribution is 0.411. The molecule has 18 heavy (non-hydrogen) atoms. The zero-order chi connectivity index (χ0) is 13.0. The Labute approximate surface area is 109 Å². The van der Waals surface area contributed by atoms with Gasteiger partial charge in [0.15, 0.2) is 0 Å². The summed E-state index contributed by atoms with van der Waals surface area (Å²) in [4.78, 5) is 0. The zero-order valence-corrected chi connectivity index (χ0v) is 11.5. The van der Waals surface area contributed by atoms with E-state index in [0.717, 1.165) is 24.1 Å². The zero-order valence-electron chi connectivity index (χ0n) is 10.7. The van der Waals surface area contributed by atoms with Crippen LogP contribution >= 0.6 is 0 Å². The third kappa shape index (κ3) is 3.03. The first-order valence-corrected chi connectivity index (χ1v) is 8.04. The van der Waals surface area contributed by atoms with Gasteiger partial charge >= 0.3 is 0 Å². The molecule has 1 aliphatic rings. The highest BCUT2D eigenvalue weighted by atomic mass is 32.2. The van der Waals surface area contributed by atoms with Crippen LogP contribution in [0.4, 0.5) is 5.69 Å². The summed E-state index contributed by atoms with van der Waals surface area (Å²) in [6.07, 6.45) is 1.93. The second-order valence-corrected chi connectivity index (χ2v) is 6.56. The molecule has 1 aromatic carbocycles. The smallest absolute Gasteiger partial charge is 0.218 e. The second kappa shape index (κ2) is 5.71. The predicted octanol–water partition coefficient (Wildman–Crippen LogP) is 2.04. The molecule has 2 rings (SSSR count). The molecule has 0 fully saturated rings. The number of anilines is 1. The molecule has 1 heterocycles. The van der Waals surface area contributed by atoms with E-state index in [9.17, 15) is 8.42 Å². The van der Waals surface area contributed by atoms with E-state index in [4.69, 9.17) is 0 Å². The van der Waals surface area contributed by atoms with Crippen LogP contribution in [0.3, 0.4) is 0 Å². The minimum atomic E-state index is -3.18. The Bertz CT molecular complexity index is 499. The summed E-state index contributed by atoms with van der Waals surface area (Å²) in [5.74, 6) is 0.0971. The van der Waals surface area contributed by atoms with E-state index in [1.54, 1.807) is 4.31 Å². The van der Waals surface area contributed by atoms with Gasteiger partial charge in [-0.1, -0.05) is 31.5 Å². The Morgan fingerprint density at radius 3 is 2.89 bits per heavy atom. The van der Waals surface area contributed by atoms with Crippen molar-refractivity contribution in [1.82, 2.24) is 4.31 Å². The molecule has 0 aromatic heterocycles. The van der Waals surface area contributed by atoms with Gasteiger partial charge < -0.3 is 5.32 Å². The monoisotopic (exact) mass is 268 g/mol. The Hall–Kier alpha value is -1.07. The van der Waals surface area contributed by atoms with Crippen molar-refractivity contribution in [3.63, 3.8) is 0 Å². The highest BCUT2D eigenvalue weighted by Gasteiger charge is 2.24. The van der Waals surface area contributed by atoms with Crippen LogP contribution in [0, 0.1) is 0 Å². The second-order valence-electron chi connectivity index (χ2n) is 4.59. The van der Waals surface area contributed by atoms with Crippen LogP contribution in [0.5, 0.6) is 0 Å². The number of sulfonamides is 1. The number of unbranched alkanes of at least 4 members (excludes halogenated alkanes) is 1. The topological polar surface area (TPSA) is 49.4 Å². The Morgan fingerprint density at radius 1 is 1.33 bits per heavy atom. The van der Waals surface area contributed by atoms with E-state index < -0.39 is 10.0 Å². The van der Waals surface area contributed by atoms with Gasteiger partial charge in [0.2, 0.25) is 10.0 Å². The summed E-state index contributed by atoms with van der Waals surface area (Å²) >= 11 is 0. The molecule has 100 valence electrons. The third-order valence-electron chi connectivity index (χ3n) is 3.19. The molecule has 5 heteroatoms. The van der Waals surface area contributed by atoms with E-state index in [2.05, 4.69) is 12.2 Å². The summed E-state index contributed by atoms with van der Waals surface area (Å²) in [6.45, 7) is 3.92. The van der Waals surface area contributed by atoms with Gasteiger partial charge in [-0.15, -0.1) is 0 Å². The molecule has 0 aliphatic carbocycles. The average Bonchev–Trinajstić information content (AvgIpc) is 2.33. The fourth-order valence-corrected chi connectivity index (χ4v) is 3.75. The Balaban J connectivity index is 2.23. The van der Waals surface area contributed by atoms with Crippen molar-refractivity contribution in [2.45, 2.75) is 25.5 Å². The summed E-state index contributed by atoms with van der Waals surface area (Å²) in [5, 5.41) is 3.30. The van der Waals surface area contributed by atoms with Gasteiger partial charge in [0.1, 0.15) is 0 Å². The molecule has 0 atom stereocenters. The van der Waals surface area contributed by atoms with Crippen molar-refractivity contribution in [2.75, 3.05) is 25.0 Å². The van der Waals surface area contributed by atoms with Crippen molar-refractivity contribution in [1.29, 1.82) is 0 Å². The van der Waals surface area contributed by atoms with E-state index in [0.29, 0.717) is 19.6 Å². The van der Waals surface area contributed by atoms with Crippen LogP contribution in [0.15, 0.2) is 24.3 Å². The fraction of sp³-hybridized carbons (Fsp3) is 0.538. The molecule has 0 amide bonds. The van der Waals surface area contributed by atoms with E-state index in [1.807, 2.05) is 24.3 Å². The first kappa shape index (κ1) is 13.4. The van der Waals surface area contributed by atoms with Gasteiger partial charge in [-0.25, -0.2) is 8.42 Å². The Kier molecular flexibility index (Phi) is 4.24. The normalized spacial score (nSPS) is 19.4. The maximum absolute atomic E-state index is 12.3. The highest BCUT2D eigenvalue weighted by molar-refractivity contribution is 7.88. The van der Waals surface area contributed by atoms with Crippen molar-refractivity contribution in [3.05, 3.63) is 29.8 Å². The molecule has 0 radical (unpaired) electrons. The first-order chi connectivity index (χ1) is 8.63. The summed E-state index contributed by atoms with van der Waals surface area (Å²) in [6, 6.07) is 7.62. The number of para-hydroxylation sites is 1. The van der Waals surface area contributed by atoms with Crippen LogP contribution in [-0.2, 0) is 15.8 Å². The minimum Gasteiger partial charge on any atom is -0.383 e. The molecular weight excluding hydrogens is 248 g/mol. The van der Waals surface area contributed by atoms with Gasteiger partial charge in [0, 0.05) is 25.3 Å². The van der Waals surface area contributed by atoms with E-state index >= 15 is 0 Å². The van der Waals surface area contributed by atoms with Crippen molar-refractivity contribution >= 4 is 15.7 Å². The number of rotatable bonds is 3.